The smallest absolute Gasteiger partial charge is 0.188 e. The summed E-state index contributed by atoms with van der Waals surface area (Å²) >= 11 is 0. The number of hydrogen-bond acceptors (Lipinski definition) is 3. The lowest BCUT2D eigenvalue weighted by Gasteiger charge is -2.24. The topological polar surface area (TPSA) is 66.8 Å². The third kappa shape index (κ3) is 3.99. The van der Waals surface area contributed by atoms with Crippen molar-refractivity contribution in [1.82, 2.24) is 10.2 Å². The molecule has 1 aliphatic heterocycles. The van der Waals surface area contributed by atoms with Crippen LogP contribution in [0.5, 0.6) is 0 Å². The molecule has 2 rings (SSSR count). The summed E-state index contributed by atoms with van der Waals surface area (Å²) in [6.07, 6.45) is 4.22. The highest BCUT2D eigenvalue weighted by atomic mass is 16.3. The SMILES string of the molecule is CC(C)NC(N)=NCC(c1ccco1)N1CCCC1. The number of guanidine groups is 1. The van der Waals surface area contributed by atoms with Crippen LogP contribution in [0.3, 0.4) is 0 Å². The molecular weight excluding hydrogens is 240 g/mol. The molecule has 5 nitrogen and oxygen atoms in total. The number of likely N-dealkylation sites (tertiary alicyclic amines) is 1. The number of furan rings is 1. The Labute approximate surface area is 114 Å². The van der Waals surface area contributed by atoms with E-state index in [2.05, 4.69) is 15.2 Å². The summed E-state index contributed by atoms with van der Waals surface area (Å²) in [4.78, 5) is 6.87. The first kappa shape index (κ1) is 13.9. The molecule has 0 bridgehead atoms. The Morgan fingerprint density at radius 1 is 1.47 bits per heavy atom. The summed E-state index contributed by atoms with van der Waals surface area (Å²) < 4.78 is 5.55. The first-order chi connectivity index (χ1) is 9.16. The van der Waals surface area contributed by atoms with Gasteiger partial charge in [0.25, 0.3) is 0 Å². The molecule has 5 heteroatoms. The maximum Gasteiger partial charge on any atom is 0.188 e. The van der Waals surface area contributed by atoms with Crippen LogP contribution in [0.2, 0.25) is 0 Å². The Morgan fingerprint density at radius 2 is 2.21 bits per heavy atom. The van der Waals surface area contributed by atoms with E-state index in [1.54, 1.807) is 6.26 Å². The Morgan fingerprint density at radius 3 is 2.79 bits per heavy atom. The molecule has 1 unspecified atom stereocenters. The Hall–Kier alpha value is -1.49. The van der Waals surface area contributed by atoms with E-state index < -0.39 is 0 Å². The molecular formula is C14H24N4O. The van der Waals surface area contributed by atoms with Gasteiger partial charge in [-0.15, -0.1) is 0 Å². The van der Waals surface area contributed by atoms with E-state index in [1.165, 1.54) is 12.8 Å². The van der Waals surface area contributed by atoms with Gasteiger partial charge in [0.2, 0.25) is 0 Å². The second-order valence-corrected chi connectivity index (χ2v) is 5.30. The highest BCUT2D eigenvalue weighted by molar-refractivity contribution is 5.78. The predicted molar refractivity (Wildman–Crippen MR) is 77.0 cm³/mol. The highest BCUT2D eigenvalue weighted by Gasteiger charge is 2.25. The van der Waals surface area contributed by atoms with Crippen molar-refractivity contribution in [3.05, 3.63) is 24.2 Å². The van der Waals surface area contributed by atoms with Gasteiger partial charge in [0.05, 0.1) is 18.8 Å². The molecule has 106 valence electrons. The number of nitrogens with two attached hydrogens (primary N) is 1. The maximum absolute atomic E-state index is 5.86. The van der Waals surface area contributed by atoms with E-state index in [4.69, 9.17) is 10.2 Å². The van der Waals surface area contributed by atoms with Gasteiger partial charge in [-0.25, -0.2) is 0 Å². The zero-order valence-corrected chi connectivity index (χ0v) is 11.8. The van der Waals surface area contributed by atoms with Gasteiger partial charge in [-0.05, 0) is 51.9 Å². The summed E-state index contributed by atoms with van der Waals surface area (Å²) in [7, 11) is 0. The van der Waals surface area contributed by atoms with Gasteiger partial charge in [0, 0.05) is 6.04 Å². The van der Waals surface area contributed by atoms with E-state index in [-0.39, 0.29) is 6.04 Å². The molecule has 1 fully saturated rings. The van der Waals surface area contributed by atoms with E-state index >= 15 is 0 Å². The largest absolute Gasteiger partial charge is 0.468 e. The summed E-state index contributed by atoms with van der Waals surface area (Å²) in [6, 6.07) is 4.45. The van der Waals surface area contributed by atoms with E-state index in [0.717, 1.165) is 18.8 Å². The van der Waals surface area contributed by atoms with Crippen LogP contribution in [0.1, 0.15) is 38.5 Å². The van der Waals surface area contributed by atoms with Crippen molar-refractivity contribution < 1.29 is 4.42 Å². The molecule has 1 atom stereocenters. The summed E-state index contributed by atoms with van der Waals surface area (Å²) in [5.74, 6) is 1.48. The lowest BCUT2D eigenvalue weighted by molar-refractivity contribution is 0.221. The number of rotatable bonds is 5. The van der Waals surface area contributed by atoms with Crippen LogP contribution < -0.4 is 11.1 Å². The molecule has 0 aromatic carbocycles. The minimum atomic E-state index is 0.199. The molecule has 1 aromatic rings. The van der Waals surface area contributed by atoms with Crippen LogP contribution in [0.25, 0.3) is 0 Å². The summed E-state index contributed by atoms with van der Waals surface area (Å²) in [6.45, 7) is 6.95. The lowest BCUT2D eigenvalue weighted by atomic mass is 10.2. The summed E-state index contributed by atoms with van der Waals surface area (Å²) in [5.41, 5.74) is 5.86. The quantitative estimate of drug-likeness (QED) is 0.628. The fraction of sp³-hybridized carbons (Fsp3) is 0.643. The van der Waals surface area contributed by atoms with Crippen LogP contribution in [-0.2, 0) is 0 Å². The van der Waals surface area contributed by atoms with Crippen molar-refractivity contribution >= 4 is 5.96 Å². The zero-order valence-electron chi connectivity index (χ0n) is 11.8. The molecule has 0 spiro atoms. The minimum Gasteiger partial charge on any atom is -0.468 e. The van der Waals surface area contributed by atoms with Gasteiger partial charge in [-0.1, -0.05) is 0 Å². The second kappa shape index (κ2) is 6.61. The monoisotopic (exact) mass is 264 g/mol. The third-order valence-electron chi connectivity index (χ3n) is 3.32. The van der Waals surface area contributed by atoms with E-state index in [1.807, 2.05) is 26.0 Å². The van der Waals surface area contributed by atoms with Gasteiger partial charge >= 0.3 is 0 Å². The number of nitrogens with one attached hydrogen (secondary N) is 1. The standard InChI is InChI=1S/C14H24N4O/c1-11(2)17-14(15)16-10-12(13-6-5-9-19-13)18-7-3-4-8-18/h5-6,9,11-12H,3-4,7-8,10H2,1-2H3,(H3,15,16,17). The fourth-order valence-electron chi connectivity index (χ4n) is 2.45. The van der Waals surface area contributed by atoms with Gasteiger partial charge in [-0.2, -0.15) is 0 Å². The van der Waals surface area contributed by atoms with Crippen molar-refractivity contribution in [2.24, 2.45) is 10.7 Å². The average Bonchev–Trinajstić information content (AvgIpc) is 3.00. The molecule has 1 saturated heterocycles. The first-order valence-electron chi connectivity index (χ1n) is 7.00. The Balaban J connectivity index is 2.02. The summed E-state index contributed by atoms with van der Waals surface area (Å²) in [5, 5.41) is 3.11. The van der Waals surface area contributed by atoms with E-state index in [9.17, 15) is 0 Å². The van der Waals surface area contributed by atoms with Crippen molar-refractivity contribution in [2.45, 2.75) is 38.8 Å². The van der Waals surface area contributed by atoms with Crippen molar-refractivity contribution in [1.29, 1.82) is 0 Å². The molecule has 0 amide bonds. The number of nitrogens with zero attached hydrogens (tertiary/aromatic N) is 2. The normalized spacial score (nSPS) is 19.0. The molecule has 19 heavy (non-hydrogen) atoms. The molecule has 0 radical (unpaired) electrons. The van der Waals surface area contributed by atoms with Crippen molar-refractivity contribution in [2.75, 3.05) is 19.6 Å². The lowest BCUT2D eigenvalue weighted by Crippen LogP contribution is -2.37. The van der Waals surface area contributed by atoms with Crippen LogP contribution in [0.15, 0.2) is 27.8 Å². The van der Waals surface area contributed by atoms with Gasteiger partial charge in [0.15, 0.2) is 5.96 Å². The fourth-order valence-corrected chi connectivity index (χ4v) is 2.45. The van der Waals surface area contributed by atoms with Crippen LogP contribution in [0.4, 0.5) is 0 Å². The Bertz CT molecular complexity index is 394. The second-order valence-electron chi connectivity index (χ2n) is 5.30. The zero-order chi connectivity index (χ0) is 13.7. The molecule has 0 aliphatic carbocycles. The molecule has 0 saturated carbocycles. The van der Waals surface area contributed by atoms with Crippen LogP contribution in [0, 0.1) is 0 Å². The van der Waals surface area contributed by atoms with Gasteiger partial charge < -0.3 is 15.5 Å². The van der Waals surface area contributed by atoms with Gasteiger partial charge in [0.1, 0.15) is 5.76 Å². The van der Waals surface area contributed by atoms with Crippen molar-refractivity contribution in [3.8, 4) is 0 Å². The molecule has 1 aliphatic rings. The van der Waals surface area contributed by atoms with Crippen molar-refractivity contribution in [3.63, 3.8) is 0 Å². The molecule has 3 N–H and O–H groups in total. The van der Waals surface area contributed by atoms with Crippen LogP contribution in [-0.4, -0.2) is 36.5 Å². The first-order valence-corrected chi connectivity index (χ1v) is 7.00. The molecule has 1 aromatic heterocycles. The van der Waals surface area contributed by atoms with Crippen LogP contribution >= 0.6 is 0 Å². The third-order valence-corrected chi connectivity index (χ3v) is 3.32. The average molecular weight is 264 g/mol. The minimum absolute atomic E-state index is 0.199. The van der Waals surface area contributed by atoms with Gasteiger partial charge in [-0.3, -0.25) is 9.89 Å². The Kier molecular flexibility index (Phi) is 4.85. The maximum atomic E-state index is 5.86. The molecule has 2 heterocycles. The van der Waals surface area contributed by atoms with E-state index in [0.29, 0.717) is 18.5 Å². The number of aliphatic imine (C=N–C) groups is 1. The predicted octanol–water partition coefficient (Wildman–Crippen LogP) is 1.73. The number of hydrogen-bond donors (Lipinski definition) is 2. The highest BCUT2D eigenvalue weighted by Crippen LogP contribution is 2.25.